The monoisotopic (exact) mass is 320 g/mol. The number of aromatic nitrogens is 1. The van der Waals surface area contributed by atoms with Crippen LogP contribution in [0.4, 0.5) is 0 Å². The van der Waals surface area contributed by atoms with E-state index in [0.717, 1.165) is 49.8 Å². The van der Waals surface area contributed by atoms with Gasteiger partial charge in [0.2, 0.25) is 0 Å². The molecule has 0 radical (unpaired) electrons. The van der Waals surface area contributed by atoms with E-state index in [9.17, 15) is 14.7 Å². The molecule has 0 unspecified atom stereocenters. The molecule has 1 fully saturated rings. The Labute approximate surface area is 137 Å². The second kappa shape index (κ2) is 7.77. The van der Waals surface area contributed by atoms with Gasteiger partial charge < -0.3 is 15.0 Å². The number of rotatable bonds is 3. The van der Waals surface area contributed by atoms with E-state index in [2.05, 4.69) is 5.32 Å². The number of nitrogens with one attached hydrogen (secondary N) is 1. The van der Waals surface area contributed by atoms with E-state index in [1.165, 1.54) is 0 Å². The highest BCUT2D eigenvalue weighted by atomic mass is 16.3. The van der Waals surface area contributed by atoms with Crippen LogP contribution < -0.4 is 10.9 Å². The first-order valence-corrected chi connectivity index (χ1v) is 8.64. The number of hydrogen-bond donors (Lipinski definition) is 2. The lowest BCUT2D eigenvalue weighted by Gasteiger charge is -2.26. The molecule has 0 aliphatic heterocycles. The Bertz CT molecular complexity index is 621. The molecule has 128 valence electrons. The van der Waals surface area contributed by atoms with Crippen LogP contribution in [0.15, 0.2) is 10.9 Å². The number of hydrogen-bond acceptors (Lipinski definition) is 3. The van der Waals surface area contributed by atoms with E-state index < -0.39 is 6.10 Å². The lowest BCUT2D eigenvalue weighted by Crippen LogP contribution is -2.45. The summed E-state index contributed by atoms with van der Waals surface area (Å²) in [5, 5.41) is 13.1. The van der Waals surface area contributed by atoms with Crippen LogP contribution in [0.25, 0.3) is 0 Å². The van der Waals surface area contributed by atoms with Crippen LogP contribution in [-0.2, 0) is 13.5 Å². The molecule has 0 aromatic carbocycles. The molecule has 1 heterocycles. The van der Waals surface area contributed by atoms with E-state index in [1.54, 1.807) is 17.7 Å². The maximum atomic E-state index is 12.5. The molecule has 1 aliphatic carbocycles. The summed E-state index contributed by atoms with van der Waals surface area (Å²) in [6, 6.07) is 1.41. The summed E-state index contributed by atoms with van der Waals surface area (Å²) in [6.45, 7) is 3.91. The lowest BCUT2D eigenvalue weighted by molar-refractivity contribution is 0.0769. The van der Waals surface area contributed by atoms with Crippen molar-refractivity contribution in [2.75, 3.05) is 0 Å². The van der Waals surface area contributed by atoms with Crippen LogP contribution in [0.3, 0.4) is 0 Å². The average molecular weight is 320 g/mol. The van der Waals surface area contributed by atoms with Crippen molar-refractivity contribution in [3.05, 3.63) is 33.2 Å². The standard InChI is InChI=1S/C18H28N2O3/c1-4-15-12(2)11-13(18(23)20(15)3)17(22)19-14-9-7-5-6-8-10-16(14)21/h11,14,16,21H,4-10H2,1-3H3,(H,19,22)/t14-,16-/m0/s1. The number of aliphatic hydroxyl groups excluding tert-OH is 1. The van der Waals surface area contributed by atoms with Crippen LogP contribution in [0.5, 0.6) is 0 Å². The predicted octanol–water partition coefficient (Wildman–Crippen LogP) is 2.07. The average Bonchev–Trinajstić information content (AvgIpc) is 2.51. The molecule has 2 atom stereocenters. The first-order valence-electron chi connectivity index (χ1n) is 8.64. The topological polar surface area (TPSA) is 71.3 Å². The number of pyridine rings is 1. The minimum Gasteiger partial charge on any atom is -0.391 e. The Hall–Kier alpha value is -1.62. The molecule has 1 aromatic heterocycles. The van der Waals surface area contributed by atoms with Crippen molar-refractivity contribution >= 4 is 5.91 Å². The van der Waals surface area contributed by atoms with Crippen molar-refractivity contribution in [1.82, 2.24) is 9.88 Å². The van der Waals surface area contributed by atoms with Crippen LogP contribution in [0, 0.1) is 6.92 Å². The molecule has 2 rings (SSSR count). The molecular formula is C18H28N2O3. The largest absolute Gasteiger partial charge is 0.391 e. The van der Waals surface area contributed by atoms with E-state index >= 15 is 0 Å². The normalized spacial score (nSPS) is 22.3. The van der Waals surface area contributed by atoms with Crippen LogP contribution in [-0.4, -0.2) is 27.7 Å². The number of amides is 1. The van der Waals surface area contributed by atoms with Crippen LogP contribution in [0.1, 0.15) is 67.1 Å². The van der Waals surface area contributed by atoms with Gasteiger partial charge in [-0.15, -0.1) is 0 Å². The third kappa shape index (κ3) is 4.02. The smallest absolute Gasteiger partial charge is 0.263 e. The molecule has 1 saturated carbocycles. The minimum atomic E-state index is -0.529. The maximum Gasteiger partial charge on any atom is 0.263 e. The fraction of sp³-hybridized carbons (Fsp3) is 0.667. The lowest BCUT2D eigenvalue weighted by atomic mass is 9.94. The Morgan fingerprint density at radius 2 is 1.96 bits per heavy atom. The van der Waals surface area contributed by atoms with E-state index in [0.29, 0.717) is 6.42 Å². The first-order chi connectivity index (χ1) is 11.0. The molecule has 1 aromatic rings. The molecule has 0 saturated heterocycles. The van der Waals surface area contributed by atoms with Gasteiger partial charge in [-0.05, 0) is 37.8 Å². The molecule has 5 nitrogen and oxygen atoms in total. The summed E-state index contributed by atoms with van der Waals surface area (Å²) in [5.41, 5.74) is 1.78. The summed E-state index contributed by atoms with van der Waals surface area (Å²) in [5.74, 6) is -0.374. The molecule has 23 heavy (non-hydrogen) atoms. The number of aliphatic hydroxyl groups is 1. The zero-order chi connectivity index (χ0) is 17.0. The number of carbonyl (C=O) groups excluding carboxylic acids is 1. The van der Waals surface area contributed by atoms with Gasteiger partial charge in [-0.2, -0.15) is 0 Å². The van der Waals surface area contributed by atoms with Gasteiger partial charge in [-0.25, -0.2) is 0 Å². The van der Waals surface area contributed by atoms with Crippen molar-refractivity contribution in [1.29, 1.82) is 0 Å². The maximum absolute atomic E-state index is 12.5. The minimum absolute atomic E-state index is 0.163. The van der Waals surface area contributed by atoms with E-state index in [1.807, 2.05) is 13.8 Å². The SMILES string of the molecule is CCc1c(C)cc(C(=O)N[C@H]2CCCCCC[C@@H]2O)c(=O)n1C. The Morgan fingerprint density at radius 1 is 1.30 bits per heavy atom. The Kier molecular flexibility index (Phi) is 5.99. The third-order valence-corrected chi connectivity index (χ3v) is 4.88. The zero-order valence-corrected chi connectivity index (χ0v) is 14.4. The quantitative estimate of drug-likeness (QED) is 0.895. The van der Waals surface area contributed by atoms with Crippen molar-refractivity contribution in [3.63, 3.8) is 0 Å². The summed E-state index contributed by atoms with van der Waals surface area (Å²) in [4.78, 5) is 25.0. The summed E-state index contributed by atoms with van der Waals surface area (Å²) in [6.07, 6.45) is 5.94. The number of aryl methyl sites for hydroxylation is 1. The van der Waals surface area contributed by atoms with Gasteiger partial charge in [0.15, 0.2) is 0 Å². The third-order valence-electron chi connectivity index (χ3n) is 4.88. The van der Waals surface area contributed by atoms with E-state index in [-0.39, 0.29) is 23.1 Å². The van der Waals surface area contributed by atoms with Gasteiger partial charge >= 0.3 is 0 Å². The highest BCUT2D eigenvalue weighted by Gasteiger charge is 2.24. The Morgan fingerprint density at radius 3 is 2.61 bits per heavy atom. The number of carbonyl (C=O) groups is 1. The van der Waals surface area contributed by atoms with Crippen molar-refractivity contribution in [2.45, 2.75) is 70.9 Å². The molecule has 0 bridgehead atoms. The van der Waals surface area contributed by atoms with Gasteiger partial charge in [0.05, 0.1) is 12.1 Å². The zero-order valence-electron chi connectivity index (χ0n) is 14.4. The van der Waals surface area contributed by atoms with Gasteiger partial charge in [0, 0.05) is 12.7 Å². The summed E-state index contributed by atoms with van der Waals surface area (Å²) >= 11 is 0. The summed E-state index contributed by atoms with van der Waals surface area (Å²) in [7, 11) is 1.70. The van der Waals surface area contributed by atoms with Gasteiger partial charge in [-0.3, -0.25) is 9.59 Å². The number of nitrogens with zero attached hydrogens (tertiary/aromatic N) is 1. The molecule has 5 heteroatoms. The Balaban J connectivity index is 2.21. The van der Waals surface area contributed by atoms with Gasteiger partial charge in [0.1, 0.15) is 5.56 Å². The van der Waals surface area contributed by atoms with Crippen LogP contribution in [0.2, 0.25) is 0 Å². The second-order valence-electron chi connectivity index (χ2n) is 6.54. The first kappa shape index (κ1) is 17.7. The van der Waals surface area contributed by atoms with E-state index in [4.69, 9.17) is 0 Å². The van der Waals surface area contributed by atoms with Crippen molar-refractivity contribution < 1.29 is 9.90 Å². The fourth-order valence-corrected chi connectivity index (χ4v) is 3.49. The van der Waals surface area contributed by atoms with Gasteiger partial charge in [0.25, 0.3) is 11.5 Å². The highest BCUT2D eigenvalue weighted by molar-refractivity contribution is 5.94. The van der Waals surface area contributed by atoms with Crippen LogP contribution >= 0.6 is 0 Å². The molecule has 1 aliphatic rings. The summed E-state index contributed by atoms with van der Waals surface area (Å²) < 4.78 is 1.55. The molecule has 2 N–H and O–H groups in total. The second-order valence-corrected chi connectivity index (χ2v) is 6.54. The van der Waals surface area contributed by atoms with Crippen molar-refractivity contribution in [3.8, 4) is 0 Å². The highest BCUT2D eigenvalue weighted by Crippen LogP contribution is 2.18. The van der Waals surface area contributed by atoms with Gasteiger partial charge in [-0.1, -0.05) is 32.6 Å². The fourth-order valence-electron chi connectivity index (χ4n) is 3.49. The predicted molar refractivity (Wildman–Crippen MR) is 90.8 cm³/mol. The molecule has 1 amide bonds. The molecular weight excluding hydrogens is 292 g/mol. The molecule has 0 spiro atoms. The van der Waals surface area contributed by atoms with Crippen molar-refractivity contribution in [2.24, 2.45) is 7.05 Å².